The summed E-state index contributed by atoms with van der Waals surface area (Å²) in [5, 5.41) is 2.30. The predicted octanol–water partition coefficient (Wildman–Crippen LogP) is 0.725. The normalized spacial score (nSPS) is 21.3. The van der Waals surface area contributed by atoms with Gasteiger partial charge in [0.05, 0.1) is 16.8 Å². The first-order valence-electron chi connectivity index (χ1n) is 6.84. The van der Waals surface area contributed by atoms with Crippen LogP contribution in [0, 0.1) is 0 Å². The SMILES string of the molecule is CCNCc1cccc(NS(=O)(=O)C2CCS(=O)(=O)C2)c1. The monoisotopic (exact) mass is 332 g/mol. The quantitative estimate of drug-likeness (QED) is 0.801. The van der Waals surface area contributed by atoms with Gasteiger partial charge in [-0.3, -0.25) is 4.72 Å². The minimum atomic E-state index is -3.67. The Kier molecular flexibility index (Phi) is 4.90. The fourth-order valence-corrected chi connectivity index (χ4v) is 6.35. The molecular formula is C13H20N2O4S2. The molecule has 6 nitrogen and oxygen atoms in total. The summed E-state index contributed by atoms with van der Waals surface area (Å²) in [5.74, 6) is -0.349. The number of hydrogen-bond acceptors (Lipinski definition) is 5. The van der Waals surface area contributed by atoms with Crippen molar-refractivity contribution in [1.29, 1.82) is 0 Å². The molecule has 2 rings (SSSR count). The van der Waals surface area contributed by atoms with Gasteiger partial charge >= 0.3 is 0 Å². The van der Waals surface area contributed by atoms with Gasteiger partial charge in [-0.25, -0.2) is 16.8 Å². The summed E-state index contributed by atoms with van der Waals surface area (Å²) in [5.41, 5.74) is 1.44. The average molecular weight is 332 g/mol. The topological polar surface area (TPSA) is 92.3 Å². The molecule has 0 radical (unpaired) electrons. The maximum atomic E-state index is 12.2. The summed E-state index contributed by atoms with van der Waals surface area (Å²) >= 11 is 0. The summed E-state index contributed by atoms with van der Waals surface area (Å²) in [4.78, 5) is 0. The molecule has 21 heavy (non-hydrogen) atoms. The Morgan fingerprint density at radius 2 is 2.10 bits per heavy atom. The van der Waals surface area contributed by atoms with Crippen LogP contribution in [0.5, 0.6) is 0 Å². The molecule has 1 heterocycles. The molecule has 2 N–H and O–H groups in total. The van der Waals surface area contributed by atoms with Crippen molar-refractivity contribution >= 4 is 25.5 Å². The van der Waals surface area contributed by atoms with Crippen LogP contribution >= 0.6 is 0 Å². The van der Waals surface area contributed by atoms with E-state index in [0.29, 0.717) is 12.2 Å². The fourth-order valence-electron chi connectivity index (χ4n) is 2.27. The van der Waals surface area contributed by atoms with Crippen LogP contribution in [-0.4, -0.2) is 40.1 Å². The molecule has 0 saturated carbocycles. The molecule has 1 unspecified atom stereocenters. The smallest absolute Gasteiger partial charge is 0.236 e. The van der Waals surface area contributed by atoms with E-state index in [1.165, 1.54) is 0 Å². The number of nitrogens with one attached hydrogen (secondary N) is 2. The summed E-state index contributed by atoms with van der Waals surface area (Å²) < 4.78 is 49.8. The summed E-state index contributed by atoms with van der Waals surface area (Å²) in [6.07, 6.45) is 0.161. The second-order valence-corrected chi connectivity index (χ2v) is 9.34. The molecule has 1 aliphatic rings. The van der Waals surface area contributed by atoms with Crippen LogP contribution in [0.2, 0.25) is 0 Å². The maximum absolute atomic E-state index is 12.2. The van der Waals surface area contributed by atoms with Crippen molar-refractivity contribution in [2.45, 2.75) is 25.1 Å². The van der Waals surface area contributed by atoms with Gasteiger partial charge in [-0.05, 0) is 30.7 Å². The number of hydrogen-bond donors (Lipinski definition) is 2. The lowest BCUT2D eigenvalue weighted by molar-refractivity contribution is 0.587. The first-order chi connectivity index (χ1) is 9.82. The molecule has 1 aromatic carbocycles. The van der Waals surface area contributed by atoms with Crippen LogP contribution in [0.15, 0.2) is 24.3 Å². The Labute approximate surface area is 125 Å². The molecule has 0 amide bonds. The van der Waals surface area contributed by atoms with E-state index < -0.39 is 25.1 Å². The lowest BCUT2D eigenvalue weighted by Crippen LogP contribution is -2.28. The molecule has 0 bridgehead atoms. The summed E-state index contributed by atoms with van der Waals surface area (Å²) in [7, 11) is -6.89. The first-order valence-corrected chi connectivity index (χ1v) is 10.2. The highest BCUT2D eigenvalue weighted by atomic mass is 32.2. The van der Waals surface area contributed by atoms with Gasteiger partial charge in [-0.1, -0.05) is 19.1 Å². The number of sulfone groups is 1. The van der Waals surface area contributed by atoms with Crippen molar-refractivity contribution in [3.05, 3.63) is 29.8 Å². The van der Waals surface area contributed by atoms with Gasteiger partial charge in [-0.15, -0.1) is 0 Å². The van der Waals surface area contributed by atoms with E-state index in [2.05, 4.69) is 10.0 Å². The van der Waals surface area contributed by atoms with Gasteiger partial charge in [0.15, 0.2) is 9.84 Å². The molecular weight excluding hydrogens is 312 g/mol. The van der Waals surface area contributed by atoms with Gasteiger partial charge < -0.3 is 5.32 Å². The molecule has 1 aromatic rings. The summed E-state index contributed by atoms with van der Waals surface area (Å²) in [6.45, 7) is 3.48. The van der Waals surface area contributed by atoms with Crippen molar-refractivity contribution in [3.8, 4) is 0 Å². The molecule has 0 spiro atoms. The Morgan fingerprint density at radius 3 is 2.71 bits per heavy atom. The third-order valence-corrected chi connectivity index (χ3v) is 7.17. The average Bonchev–Trinajstić information content (AvgIpc) is 2.77. The van der Waals surface area contributed by atoms with Gasteiger partial charge in [0, 0.05) is 12.2 Å². The van der Waals surface area contributed by atoms with E-state index in [9.17, 15) is 16.8 Å². The van der Waals surface area contributed by atoms with E-state index in [4.69, 9.17) is 0 Å². The van der Waals surface area contributed by atoms with Crippen molar-refractivity contribution in [2.24, 2.45) is 0 Å². The van der Waals surface area contributed by atoms with E-state index >= 15 is 0 Å². The van der Waals surface area contributed by atoms with Crippen molar-refractivity contribution < 1.29 is 16.8 Å². The zero-order valence-electron chi connectivity index (χ0n) is 11.9. The number of benzene rings is 1. The van der Waals surface area contributed by atoms with E-state index in [-0.39, 0.29) is 17.9 Å². The molecule has 1 fully saturated rings. The minimum absolute atomic E-state index is 0.0565. The fraction of sp³-hybridized carbons (Fsp3) is 0.538. The molecule has 1 saturated heterocycles. The number of anilines is 1. The Morgan fingerprint density at radius 1 is 1.33 bits per heavy atom. The molecule has 8 heteroatoms. The molecule has 1 aliphatic heterocycles. The van der Waals surface area contributed by atoms with Crippen LogP contribution in [0.4, 0.5) is 5.69 Å². The predicted molar refractivity (Wildman–Crippen MR) is 83.4 cm³/mol. The lowest BCUT2D eigenvalue weighted by Gasteiger charge is -2.13. The second kappa shape index (κ2) is 6.33. The standard InChI is InChI=1S/C13H20N2O4S2/c1-2-14-9-11-4-3-5-12(8-11)15-21(18,19)13-6-7-20(16,17)10-13/h3-5,8,13-15H,2,6-7,9-10H2,1H3. The maximum Gasteiger partial charge on any atom is 0.236 e. The third-order valence-electron chi connectivity index (χ3n) is 3.40. The number of rotatable bonds is 6. The van der Waals surface area contributed by atoms with Crippen molar-refractivity contribution in [1.82, 2.24) is 5.32 Å². The van der Waals surface area contributed by atoms with Crippen molar-refractivity contribution in [2.75, 3.05) is 22.8 Å². The van der Waals surface area contributed by atoms with E-state index in [0.717, 1.165) is 12.1 Å². The Bertz CT molecular complexity index is 699. The third kappa shape index (κ3) is 4.42. The molecule has 1 atom stereocenters. The number of sulfonamides is 1. The zero-order valence-corrected chi connectivity index (χ0v) is 13.5. The van der Waals surface area contributed by atoms with Crippen LogP contribution in [0.3, 0.4) is 0 Å². The summed E-state index contributed by atoms with van der Waals surface area (Å²) in [6, 6.07) is 7.09. The van der Waals surface area contributed by atoms with E-state index in [1.807, 2.05) is 13.0 Å². The minimum Gasteiger partial charge on any atom is -0.313 e. The Hall–Kier alpha value is -1.12. The highest BCUT2D eigenvalue weighted by Crippen LogP contribution is 2.22. The Balaban J connectivity index is 2.10. The highest BCUT2D eigenvalue weighted by molar-refractivity contribution is 7.97. The zero-order chi connectivity index (χ0) is 15.5. The highest BCUT2D eigenvalue weighted by Gasteiger charge is 2.37. The van der Waals surface area contributed by atoms with Gasteiger partial charge in [0.1, 0.15) is 0 Å². The van der Waals surface area contributed by atoms with Crippen LogP contribution in [-0.2, 0) is 26.4 Å². The molecule has 0 aliphatic carbocycles. The largest absolute Gasteiger partial charge is 0.313 e. The molecule has 0 aromatic heterocycles. The van der Waals surface area contributed by atoms with Gasteiger partial charge in [0.25, 0.3) is 0 Å². The van der Waals surface area contributed by atoms with E-state index in [1.54, 1.807) is 18.2 Å². The lowest BCUT2D eigenvalue weighted by atomic mass is 10.2. The second-order valence-electron chi connectivity index (χ2n) is 5.15. The van der Waals surface area contributed by atoms with Gasteiger partial charge in [-0.2, -0.15) is 0 Å². The molecule has 118 valence electrons. The van der Waals surface area contributed by atoms with Gasteiger partial charge in [0.2, 0.25) is 10.0 Å². The van der Waals surface area contributed by atoms with Crippen molar-refractivity contribution in [3.63, 3.8) is 0 Å². The van der Waals surface area contributed by atoms with Crippen LogP contribution in [0.25, 0.3) is 0 Å². The first kappa shape index (κ1) is 16.3. The van der Waals surface area contributed by atoms with Crippen LogP contribution < -0.4 is 10.0 Å². The van der Waals surface area contributed by atoms with Crippen LogP contribution in [0.1, 0.15) is 18.9 Å².